The second-order valence-corrected chi connectivity index (χ2v) is 4.09. The molecule has 14 heavy (non-hydrogen) atoms. The molecule has 1 heterocycles. The predicted octanol–water partition coefficient (Wildman–Crippen LogP) is 1.24. The molecule has 0 aromatic carbocycles. The van der Waals surface area contributed by atoms with Crippen LogP contribution in [-0.4, -0.2) is 49.3 Å². The van der Waals surface area contributed by atoms with E-state index in [9.17, 15) is 8.78 Å². The van der Waals surface area contributed by atoms with Gasteiger partial charge in [0.1, 0.15) is 0 Å². The molecule has 0 amide bonds. The molecule has 0 aromatic heterocycles. The Hall–Kier alpha value is 0.130. The minimum absolute atomic E-state index is 0.0702. The SMILES string of the molecule is FC(F)CN1CCC(NCCS)CC1. The highest BCUT2D eigenvalue weighted by Gasteiger charge is 2.20. The van der Waals surface area contributed by atoms with Crippen molar-refractivity contribution in [2.24, 2.45) is 0 Å². The molecular formula is C9H18F2N2S. The maximum Gasteiger partial charge on any atom is 0.251 e. The molecule has 0 radical (unpaired) electrons. The summed E-state index contributed by atoms with van der Waals surface area (Å²) < 4.78 is 24.1. The van der Waals surface area contributed by atoms with Crippen LogP contribution < -0.4 is 5.32 Å². The number of likely N-dealkylation sites (tertiary alicyclic amines) is 1. The molecule has 2 nitrogen and oxygen atoms in total. The first kappa shape index (κ1) is 12.2. The standard InChI is InChI=1S/C9H18F2N2S/c10-9(11)7-13-4-1-8(2-5-13)12-3-6-14/h8-9,12,14H,1-7H2. The van der Waals surface area contributed by atoms with Gasteiger partial charge in [-0.25, -0.2) is 8.78 Å². The second kappa shape index (κ2) is 6.58. The quantitative estimate of drug-likeness (QED) is 0.683. The average Bonchev–Trinajstić information content (AvgIpc) is 2.16. The van der Waals surface area contributed by atoms with Gasteiger partial charge in [0.15, 0.2) is 0 Å². The van der Waals surface area contributed by atoms with E-state index in [1.807, 2.05) is 4.90 Å². The van der Waals surface area contributed by atoms with Crippen molar-refractivity contribution >= 4 is 12.6 Å². The lowest BCUT2D eigenvalue weighted by Gasteiger charge is -2.32. The van der Waals surface area contributed by atoms with Gasteiger partial charge in [0.05, 0.1) is 6.54 Å². The normalized spacial score (nSPS) is 20.6. The van der Waals surface area contributed by atoms with E-state index in [2.05, 4.69) is 17.9 Å². The smallest absolute Gasteiger partial charge is 0.251 e. The van der Waals surface area contributed by atoms with Crippen molar-refractivity contribution in [3.63, 3.8) is 0 Å². The molecule has 0 bridgehead atoms. The van der Waals surface area contributed by atoms with Crippen LogP contribution in [0.2, 0.25) is 0 Å². The second-order valence-electron chi connectivity index (χ2n) is 3.64. The summed E-state index contributed by atoms with van der Waals surface area (Å²) in [5.41, 5.74) is 0. The number of hydrogen-bond donors (Lipinski definition) is 2. The van der Waals surface area contributed by atoms with Gasteiger partial charge in [-0.1, -0.05) is 0 Å². The van der Waals surface area contributed by atoms with Crippen LogP contribution in [0.5, 0.6) is 0 Å². The van der Waals surface area contributed by atoms with Crippen molar-refractivity contribution in [3.8, 4) is 0 Å². The van der Waals surface area contributed by atoms with Crippen LogP contribution in [0.1, 0.15) is 12.8 Å². The van der Waals surface area contributed by atoms with E-state index in [1.165, 1.54) is 0 Å². The Kier molecular flexibility index (Phi) is 5.74. The fraction of sp³-hybridized carbons (Fsp3) is 1.00. The van der Waals surface area contributed by atoms with Gasteiger partial charge in [-0.3, -0.25) is 4.90 Å². The van der Waals surface area contributed by atoms with E-state index < -0.39 is 6.43 Å². The lowest BCUT2D eigenvalue weighted by atomic mass is 10.1. The molecule has 84 valence electrons. The molecule has 0 atom stereocenters. The van der Waals surface area contributed by atoms with Crippen molar-refractivity contribution in [1.29, 1.82) is 0 Å². The lowest BCUT2D eigenvalue weighted by Crippen LogP contribution is -2.44. The molecule has 0 aromatic rings. The zero-order valence-electron chi connectivity index (χ0n) is 8.25. The van der Waals surface area contributed by atoms with Gasteiger partial charge in [0.2, 0.25) is 0 Å². The molecule has 1 aliphatic rings. The zero-order chi connectivity index (χ0) is 10.4. The van der Waals surface area contributed by atoms with E-state index in [1.54, 1.807) is 0 Å². The summed E-state index contributed by atoms with van der Waals surface area (Å²) in [7, 11) is 0. The number of thiol groups is 1. The minimum Gasteiger partial charge on any atom is -0.313 e. The van der Waals surface area contributed by atoms with Crippen LogP contribution >= 0.6 is 12.6 Å². The first-order valence-corrected chi connectivity index (χ1v) is 5.70. The van der Waals surface area contributed by atoms with Crippen LogP contribution in [0, 0.1) is 0 Å². The highest BCUT2D eigenvalue weighted by molar-refractivity contribution is 7.80. The first-order chi connectivity index (χ1) is 6.72. The third-order valence-corrected chi connectivity index (χ3v) is 2.75. The fourth-order valence-electron chi connectivity index (χ4n) is 1.78. The monoisotopic (exact) mass is 224 g/mol. The highest BCUT2D eigenvalue weighted by atomic mass is 32.1. The Labute approximate surface area is 89.4 Å². The molecular weight excluding hydrogens is 206 g/mol. The van der Waals surface area contributed by atoms with Gasteiger partial charge >= 0.3 is 0 Å². The molecule has 0 spiro atoms. The number of piperidine rings is 1. The molecule has 0 unspecified atom stereocenters. The van der Waals surface area contributed by atoms with E-state index in [0.717, 1.165) is 38.2 Å². The topological polar surface area (TPSA) is 15.3 Å². The van der Waals surface area contributed by atoms with Crippen LogP contribution in [-0.2, 0) is 0 Å². The molecule has 0 saturated carbocycles. The van der Waals surface area contributed by atoms with Crippen molar-refractivity contribution in [3.05, 3.63) is 0 Å². The number of nitrogens with zero attached hydrogens (tertiary/aromatic N) is 1. The lowest BCUT2D eigenvalue weighted by molar-refractivity contribution is 0.0733. The van der Waals surface area contributed by atoms with E-state index >= 15 is 0 Å². The molecule has 1 fully saturated rings. The van der Waals surface area contributed by atoms with Crippen LogP contribution in [0.15, 0.2) is 0 Å². The Bertz CT molecular complexity index is 150. The third kappa shape index (κ3) is 4.57. The number of nitrogens with one attached hydrogen (secondary N) is 1. The molecule has 0 aliphatic carbocycles. The zero-order valence-corrected chi connectivity index (χ0v) is 9.15. The van der Waals surface area contributed by atoms with Crippen molar-refractivity contribution < 1.29 is 8.78 Å². The molecule has 5 heteroatoms. The Morgan fingerprint density at radius 1 is 1.36 bits per heavy atom. The minimum atomic E-state index is -2.20. The molecule has 1 aliphatic heterocycles. The maximum absolute atomic E-state index is 12.1. The number of hydrogen-bond acceptors (Lipinski definition) is 3. The number of halogens is 2. The van der Waals surface area contributed by atoms with E-state index in [0.29, 0.717) is 6.04 Å². The summed E-state index contributed by atoms with van der Waals surface area (Å²) in [4.78, 5) is 1.84. The van der Waals surface area contributed by atoms with E-state index in [4.69, 9.17) is 0 Å². The third-order valence-electron chi connectivity index (χ3n) is 2.53. The number of rotatable bonds is 5. The summed E-state index contributed by atoms with van der Waals surface area (Å²) in [5, 5.41) is 3.35. The van der Waals surface area contributed by atoms with Crippen molar-refractivity contribution in [1.82, 2.24) is 10.2 Å². The highest BCUT2D eigenvalue weighted by Crippen LogP contribution is 2.11. The van der Waals surface area contributed by atoms with Gasteiger partial charge < -0.3 is 5.32 Å². The van der Waals surface area contributed by atoms with Gasteiger partial charge in [-0.2, -0.15) is 12.6 Å². The maximum atomic E-state index is 12.1. The molecule has 1 saturated heterocycles. The largest absolute Gasteiger partial charge is 0.313 e. The van der Waals surface area contributed by atoms with Gasteiger partial charge in [0.25, 0.3) is 6.43 Å². The predicted molar refractivity (Wildman–Crippen MR) is 57.3 cm³/mol. The summed E-state index contributed by atoms with van der Waals surface area (Å²) in [6, 6.07) is 0.496. The van der Waals surface area contributed by atoms with Gasteiger partial charge in [0, 0.05) is 18.3 Å². The first-order valence-electron chi connectivity index (χ1n) is 5.07. The number of alkyl halides is 2. The van der Waals surface area contributed by atoms with Gasteiger partial charge in [-0.15, -0.1) is 0 Å². The van der Waals surface area contributed by atoms with Crippen LogP contribution in [0.25, 0.3) is 0 Å². The average molecular weight is 224 g/mol. The van der Waals surface area contributed by atoms with Crippen molar-refractivity contribution in [2.45, 2.75) is 25.3 Å². The van der Waals surface area contributed by atoms with Gasteiger partial charge in [-0.05, 0) is 25.9 Å². The van der Waals surface area contributed by atoms with Crippen molar-refractivity contribution in [2.75, 3.05) is 31.9 Å². The summed E-state index contributed by atoms with van der Waals surface area (Å²) in [6.07, 6.45) is -0.252. The Balaban J connectivity index is 2.11. The van der Waals surface area contributed by atoms with Crippen LogP contribution in [0.3, 0.4) is 0 Å². The summed E-state index contributed by atoms with van der Waals surface area (Å²) in [6.45, 7) is 2.41. The molecule has 1 N–H and O–H groups in total. The summed E-state index contributed by atoms with van der Waals surface area (Å²) in [5.74, 6) is 0.831. The van der Waals surface area contributed by atoms with E-state index in [-0.39, 0.29) is 6.54 Å². The Morgan fingerprint density at radius 2 is 2.00 bits per heavy atom. The fourth-order valence-corrected chi connectivity index (χ4v) is 1.91. The Morgan fingerprint density at radius 3 is 2.50 bits per heavy atom. The molecule has 1 rings (SSSR count). The summed E-state index contributed by atoms with van der Waals surface area (Å²) >= 11 is 4.11. The van der Waals surface area contributed by atoms with Crippen LogP contribution in [0.4, 0.5) is 8.78 Å².